The largest absolute Gasteiger partial charge is 0.357 e. The minimum atomic E-state index is 0.0787. The van der Waals surface area contributed by atoms with E-state index in [2.05, 4.69) is 23.2 Å². The summed E-state index contributed by atoms with van der Waals surface area (Å²) in [7, 11) is 0. The first-order valence-corrected chi connectivity index (χ1v) is 8.74. The Labute approximate surface area is 146 Å². The Kier molecular flexibility index (Phi) is 4.03. The van der Waals surface area contributed by atoms with E-state index < -0.39 is 0 Å². The zero-order valence-electron chi connectivity index (χ0n) is 13.3. The third-order valence-electron chi connectivity index (χ3n) is 4.76. The van der Waals surface area contributed by atoms with Crippen molar-refractivity contribution in [2.24, 2.45) is 0 Å². The van der Waals surface area contributed by atoms with Gasteiger partial charge in [0.1, 0.15) is 0 Å². The van der Waals surface area contributed by atoms with E-state index in [-0.39, 0.29) is 11.9 Å². The molecule has 1 aliphatic heterocycles. The van der Waals surface area contributed by atoms with Gasteiger partial charge in [-0.15, -0.1) is 0 Å². The Balaban J connectivity index is 1.67. The van der Waals surface area contributed by atoms with Crippen molar-refractivity contribution < 1.29 is 4.79 Å². The monoisotopic (exact) mass is 338 g/mol. The summed E-state index contributed by atoms with van der Waals surface area (Å²) in [6, 6.07) is 17.7. The zero-order chi connectivity index (χ0) is 16.5. The fourth-order valence-electron chi connectivity index (χ4n) is 3.53. The molecule has 1 aromatic heterocycles. The minimum absolute atomic E-state index is 0.0787. The van der Waals surface area contributed by atoms with Gasteiger partial charge in [0.2, 0.25) is 0 Å². The molecule has 0 radical (unpaired) electrons. The molecule has 4 heteroatoms. The summed E-state index contributed by atoms with van der Waals surface area (Å²) < 4.78 is 0. The fraction of sp³-hybridized carbons (Fsp3) is 0.250. The molecule has 2 heterocycles. The molecule has 4 rings (SSSR count). The molecule has 0 bridgehead atoms. The van der Waals surface area contributed by atoms with Crippen LogP contribution in [0.4, 0.5) is 0 Å². The van der Waals surface area contributed by atoms with Crippen LogP contribution in [-0.2, 0) is 0 Å². The van der Waals surface area contributed by atoms with Crippen LogP contribution in [0.1, 0.15) is 41.4 Å². The van der Waals surface area contributed by atoms with Crippen molar-refractivity contribution >= 4 is 28.4 Å². The molecule has 1 fully saturated rings. The molecule has 1 aliphatic rings. The van der Waals surface area contributed by atoms with Gasteiger partial charge in [-0.1, -0.05) is 29.8 Å². The standard InChI is InChI=1S/C20H19ClN2O/c21-16-10-8-14(9-11-16)20(24)23-12-4-3-7-19(23)18-13-15-5-1-2-6-17(15)22-18/h1-2,5-6,8-11,13,19,22H,3-4,7,12H2. The van der Waals surface area contributed by atoms with E-state index in [4.69, 9.17) is 11.6 Å². The Morgan fingerprint density at radius 1 is 1.08 bits per heavy atom. The van der Waals surface area contributed by atoms with E-state index >= 15 is 0 Å². The average Bonchev–Trinajstić information content (AvgIpc) is 3.06. The van der Waals surface area contributed by atoms with Crippen molar-refractivity contribution in [1.29, 1.82) is 0 Å². The number of fused-ring (bicyclic) bond motifs is 1. The summed E-state index contributed by atoms with van der Waals surface area (Å²) in [6.45, 7) is 0.793. The predicted octanol–water partition coefficient (Wildman–Crippen LogP) is 5.19. The van der Waals surface area contributed by atoms with Gasteiger partial charge >= 0.3 is 0 Å². The van der Waals surface area contributed by atoms with E-state index in [1.807, 2.05) is 29.2 Å². The van der Waals surface area contributed by atoms with Crippen molar-refractivity contribution in [2.45, 2.75) is 25.3 Å². The normalized spacial score (nSPS) is 18.0. The molecular weight excluding hydrogens is 320 g/mol. The number of rotatable bonds is 2. The summed E-state index contributed by atoms with van der Waals surface area (Å²) in [6.07, 6.45) is 3.19. The van der Waals surface area contributed by atoms with Crippen LogP contribution in [-0.4, -0.2) is 22.3 Å². The number of hydrogen-bond donors (Lipinski definition) is 1. The molecule has 1 N–H and O–H groups in total. The molecule has 3 aromatic rings. The van der Waals surface area contributed by atoms with E-state index in [9.17, 15) is 4.79 Å². The van der Waals surface area contributed by atoms with Crippen LogP contribution in [0.3, 0.4) is 0 Å². The summed E-state index contributed by atoms with van der Waals surface area (Å²) in [5.41, 5.74) is 2.94. The molecule has 1 atom stereocenters. The smallest absolute Gasteiger partial charge is 0.254 e. The number of amides is 1. The highest BCUT2D eigenvalue weighted by atomic mass is 35.5. The van der Waals surface area contributed by atoms with Gasteiger partial charge in [0.15, 0.2) is 0 Å². The maximum Gasteiger partial charge on any atom is 0.254 e. The van der Waals surface area contributed by atoms with Crippen LogP contribution < -0.4 is 0 Å². The number of nitrogens with zero attached hydrogens (tertiary/aromatic N) is 1. The number of halogens is 1. The zero-order valence-corrected chi connectivity index (χ0v) is 14.1. The van der Waals surface area contributed by atoms with Crippen LogP contribution >= 0.6 is 11.6 Å². The second-order valence-corrected chi connectivity index (χ2v) is 6.77. The van der Waals surface area contributed by atoms with Gasteiger partial charge in [-0.05, 0) is 61.0 Å². The van der Waals surface area contributed by atoms with E-state index in [0.29, 0.717) is 10.6 Å². The van der Waals surface area contributed by atoms with Crippen molar-refractivity contribution in [3.63, 3.8) is 0 Å². The molecule has 0 spiro atoms. The maximum absolute atomic E-state index is 13.0. The van der Waals surface area contributed by atoms with Crippen LogP contribution in [0.25, 0.3) is 10.9 Å². The fourth-order valence-corrected chi connectivity index (χ4v) is 3.66. The van der Waals surface area contributed by atoms with Crippen molar-refractivity contribution in [1.82, 2.24) is 9.88 Å². The number of aromatic amines is 1. The first kappa shape index (κ1) is 15.3. The molecule has 0 saturated carbocycles. The van der Waals surface area contributed by atoms with E-state index in [1.165, 1.54) is 5.39 Å². The number of para-hydroxylation sites is 1. The van der Waals surface area contributed by atoms with Gasteiger partial charge in [0.25, 0.3) is 5.91 Å². The molecule has 2 aromatic carbocycles. The lowest BCUT2D eigenvalue weighted by Gasteiger charge is -2.35. The van der Waals surface area contributed by atoms with Gasteiger partial charge in [-0.2, -0.15) is 0 Å². The number of hydrogen-bond acceptors (Lipinski definition) is 1. The van der Waals surface area contributed by atoms with Crippen LogP contribution in [0.15, 0.2) is 54.6 Å². The summed E-state index contributed by atoms with van der Waals surface area (Å²) in [5.74, 6) is 0.0787. The minimum Gasteiger partial charge on any atom is -0.357 e. The van der Waals surface area contributed by atoms with E-state index in [1.54, 1.807) is 12.1 Å². The van der Waals surface area contributed by atoms with Crippen molar-refractivity contribution in [2.75, 3.05) is 6.54 Å². The third-order valence-corrected chi connectivity index (χ3v) is 5.02. The van der Waals surface area contributed by atoms with E-state index in [0.717, 1.165) is 37.0 Å². The Hall–Kier alpha value is -2.26. The first-order valence-electron chi connectivity index (χ1n) is 8.36. The summed E-state index contributed by atoms with van der Waals surface area (Å²) in [5, 5.41) is 1.84. The number of carbonyl (C=O) groups excluding carboxylic acids is 1. The molecular formula is C20H19ClN2O. The molecule has 122 valence electrons. The Morgan fingerprint density at radius 3 is 2.67 bits per heavy atom. The quantitative estimate of drug-likeness (QED) is 0.686. The molecule has 3 nitrogen and oxygen atoms in total. The van der Waals surface area contributed by atoms with Gasteiger partial charge in [-0.25, -0.2) is 0 Å². The lowest BCUT2D eigenvalue weighted by Crippen LogP contribution is -2.38. The average molecular weight is 339 g/mol. The number of piperidine rings is 1. The molecule has 24 heavy (non-hydrogen) atoms. The van der Waals surface area contributed by atoms with Crippen LogP contribution in [0.5, 0.6) is 0 Å². The first-order chi connectivity index (χ1) is 11.7. The van der Waals surface area contributed by atoms with Gasteiger partial charge in [0, 0.05) is 28.3 Å². The van der Waals surface area contributed by atoms with Crippen LogP contribution in [0.2, 0.25) is 5.02 Å². The summed E-state index contributed by atoms with van der Waals surface area (Å²) >= 11 is 5.94. The second-order valence-electron chi connectivity index (χ2n) is 6.33. The number of aromatic nitrogens is 1. The lowest BCUT2D eigenvalue weighted by molar-refractivity contribution is 0.0607. The highest BCUT2D eigenvalue weighted by molar-refractivity contribution is 6.30. The van der Waals surface area contributed by atoms with Gasteiger partial charge < -0.3 is 9.88 Å². The van der Waals surface area contributed by atoms with Gasteiger partial charge in [0.05, 0.1) is 6.04 Å². The lowest BCUT2D eigenvalue weighted by atomic mass is 9.98. The topological polar surface area (TPSA) is 36.1 Å². The van der Waals surface area contributed by atoms with Crippen molar-refractivity contribution in [3.8, 4) is 0 Å². The Bertz CT molecular complexity index is 836. The highest BCUT2D eigenvalue weighted by Crippen LogP contribution is 2.33. The highest BCUT2D eigenvalue weighted by Gasteiger charge is 2.29. The molecule has 1 amide bonds. The second kappa shape index (κ2) is 6.33. The molecule has 1 saturated heterocycles. The third kappa shape index (κ3) is 2.80. The predicted molar refractivity (Wildman–Crippen MR) is 97.4 cm³/mol. The van der Waals surface area contributed by atoms with Crippen LogP contribution in [0, 0.1) is 0 Å². The maximum atomic E-state index is 13.0. The number of carbonyl (C=O) groups is 1. The summed E-state index contributed by atoms with van der Waals surface area (Å²) in [4.78, 5) is 18.5. The number of likely N-dealkylation sites (tertiary alicyclic amines) is 1. The SMILES string of the molecule is O=C(c1ccc(Cl)cc1)N1CCCCC1c1cc2ccccc2[nH]1. The Morgan fingerprint density at radius 2 is 1.88 bits per heavy atom. The number of benzene rings is 2. The van der Waals surface area contributed by atoms with Crippen molar-refractivity contribution in [3.05, 3.63) is 70.9 Å². The van der Waals surface area contributed by atoms with Gasteiger partial charge in [-0.3, -0.25) is 4.79 Å². The number of nitrogens with one attached hydrogen (secondary N) is 1. The molecule has 0 aliphatic carbocycles. The number of H-pyrrole nitrogens is 1. The molecule has 1 unspecified atom stereocenters.